The van der Waals surface area contributed by atoms with Gasteiger partial charge in [0.25, 0.3) is 5.91 Å². The highest BCUT2D eigenvalue weighted by molar-refractivity contribution is 5.98. The molecule has 0 radical (unpaired) electrons. The number of aliphatic imine (C=N–C) groups is 1. The fourth-order valence-corrected chi connectivity index (χ4v) is 4.81. The Morgan fingerprint density at radius 3 is 2.50 bits per heavy atom. The molecular formula is C27H43N3O4. The first-order valence-electron chi connectivity index (χ1n) is 12.5. The van der Waals surface area contributed by atoms with Crippen LogP contribution in [0.5, 0.6) is 0 Å². The topological polar surface area (TPSA) is 82.4 Å². The molecule has 0 aromatic carbocycles. The van der Waals surface area contributed by atoms with Gasteiger partial charge in [-0.25, -0.2) is 0 Å². The third kappa shape index (κ3) is 6.25. The summed E-state index contributed by atoms with van der Waals surface area (Å²) in [5, 5.41) is 9.47. The molecule has 1 N–H and O–H groups in total. The van der Waals surface area contributed by atoms with Crippen molar-refractivity contribution in [2.75, 3.05) is 33.9 Å². The van der Waals surface area contributed by atoms with Crippen LogP contribution in [0.4, 0.5) is 0 Å². The normalized spacial score (nSPS) is 23.7. The minimum Gasteiger partial charge on any atom is -0.386 e. The first-order chi connectivity index (χ1) is 16.2. The van der Waals surface area contributed by atoms with Gasteiger partial charge in [0.2, 0.25) is 5.91 Å². The molecule has 2 aliphatic rings. The van der Waals surface area contributed by atoms with Crippen LogP contribution >= 0.6 is 0 Å². The van der Waals surface area contributed by atoms with Crippen LogP contribution in [0.25, 0.3) is 0 Å². The van der Waals surface area contributed by atoms with Crippen LogP contribution in [0.15, 0.2) is 39.9 Å². The molecule has 190 valence electrons. The predicted octanol–water partition coefficient (Wildman–Crippen LogP) is 3.89. The first-order valence-corrected chi connectivity index (χ1v) is 12.5. The summed E-state index contributed by atoms with van der Waals surface area (Å²) in [5.41, 5.74) is 3.37. The van der Waals surface area contributed by atoms with Gasteiger partial charge in [-0.3, -0.25) is 9.59 Å². The lowest BCUT2D eigenvalue weighted by atomic mass is 9.73. The second-order valence-electron chi connectivity index (χ2n) is 9.54. The summed E-state index contributed by atoms with van der Waals surface area (Å²) in [6, 6.07) is -0.464. The molecule has 2 rings (SSSR count). The molecule has 1 fully saturated rings. The third-order valence-electron chi connectivity index (χ3n) is 7.41. The highest BCUT2D eigenvalue weighted by Gasteiger charge is 2.40. The van der Waals surface area contributed by atoms with Crippen molar-refractivity contribution < 1.29 is 19.4 Å². The lowest BCUT2D eigenvalue weighted by molar-refractivity contribution is -0.140. The van der Waals surface area contributed by atoms with Crippen molar-refractivity contribution in [3.8, 4) is 0 Å². The molecule has 7 heteroatoms. The fourth-order valence-electron chi connectivity index (χ4n) is 4.81. The quantitative estimate of drug-likeness (QED) is 0.406. The molecule has 0 bridgehead atoms. The van der Waals surface area contributed by atoms with Crippen molar-refractivity contribution in [1.82, 2.24) is 9.80 Å². The van der Waals surface area contributed by atoms with Crippen molar-refractivity contribution in [3.63, 3.8) is 0 Å². The highest BCUT2D eigenvalue weighted by atomic mass is 16.5. The zero-order valence-electron chi connectivity index (χ0n) is 22.1. The van der Waals surface area contributed by atoms with Crippen molar-refractivity contribution in [3.05, 3.63) is 34.9 Å². The Balaban J connectivity index is 2.62. The summed E-state index contributed by atoms with van der Waals surface area (Å²) in [6.45, 7) is 10.7. The predicted molar refractivity (Wildman–Crippen MR) is 137 cm³/mol. The van der Waals surface area contributed by atoms with Crippen LogP contribution in [0.1, 0.15) is 66.7 Å². The fraction of sp³-hybridized carbons (Fsp3) is 0.667. The number of rotatable bonds is 9. The maximum absolute atomic E-state index is 12.9. The number of piperazine rings is 1. The van der Waals surface area contributed by atoms with Crippen molar-refractivity contribution in [1.29, 1.82) is 0 Å². The van der Waals surface area contributed by atoms with Crippen LogP contribution in [-0.4, -0.2) is 78.6 Å². The molecule has 1 saturated heterocycles. The van der Waals surface area contributed by atoms with Gasteiger partial charge in [0.1, 0.15) is 18.5 Å². The lowest BCUT2D eigenvalue weighted by Crippen LogP contribution is -2.60. The Labute approximate surface area is 205 Å². The van der Waals surface area contributed by atoms with Crippen molar-refractivity contribution in [2.45, 2.75) is 78.8 Å². The molecule has 0 spiro atoms. The van der Waals surface area contributed by atoms with E-state index in [-0.39, 0.29) is 11.9 Å². The number of amidine groups is 1. The summed E-state index contributed by atoms with van der Waals surface area (Å²) in [7, 11) is 3.51. The van der Waals surface area contributed by atoms with Crippen LogP contribution in [-0.2, 0) is 14.3 Å². The van der Waals surface area contributed by atoms with E-state index in [0.29, 0.717) is 25.4 Å². The summed E-state index contributed by atoms with van der Waals surface area (Å²) in [4.78, 5) is 33.3. The standard InChI is InChI=1S/C27H43N3O4/c1-8-21-11-12-22(9-2)14-23(13-21)27(10-3,18-34-7)15-24(28-25(32)17-31)30-16-19(4)29(6)26(33)20(30)5/h11,13-14,19-20,31H,8-10,12,15-18H2,1-7H3. The summed E-state index contributed by atoms with van der Waals surface area (Å²) in [5.74, 6) is -0.0652. The van der Waals surface area contributed by atoms with Gasteiger partial charge in [-0.2, -0.15) is 4.99 Å². The number of likely N-dealkylation sites (N-methyl/N-ethyl adjacent to an activating group) is 1. The molecule has 3 unspecified atom stereocenters. The van der Waals surface area contributed by atoms with Gasteiger partial charge in [-0.1, -0.05) is 50.1 Å². The van der Waals surface area contributed by atoms with E-state index < -0.39 is 24.0 Å². The first kappa shape index (κ1) is 28.0. The molecule has 1 heterocycles. The number of hydrogen-bond acceptors (Lipinski definition) is 4. The van der Waals surface area contributed by atoms with Crippen LogP contribution in [0.2, 0.25) is 0 Å². The maximum Gasteiger partial charge on any atom is 0.273 e. The second-order valence-corrected chi connectivity index (χ2v) is 9.54. The Bertz CT molecular complexity index is 873. The largest absolute Gasteiger partial charge is 0.386 e. The van der Waals surface area contributed by atoms with E-state index in [9.17, 15) is 14.7 Å². The number of carbonyl (C=O) groups is 2. The smallest absolute Gasteiger partial charge is 0.273 e. The number of aliphatic hydroxyl groups excluding tert-OH is 1. The summed E-state index contributed by atoms with van der Waals surface area (Å²) >= 11 is 0. The number of hydrogen-bond donors (Lipinski definition) is 1. The Kier molecular flexibility index (Phi) is 10.3. The minimum atomic E-state index is -0.663. The van der Waals surface area contributed by atoms with Gasteiger partial charge in [0.05, 0.1) is 6.61 Å². The Morgan fingerprint density at radius 1 is 1.24 bits per heavy atom. The van der Waals surface area contributed by atoms with Gasteiger partial charge in [0.15, 0.2) is 0 Å². The molecule has 2 amide bonds. The van der Waals surface area contributed by atoms with E-state index in [4.69, 9.17) is 4.74 Å². The van der Waals surface area contributed by atoms with Gasteiger partial charge >= 0.3 is 0 Å². The number of methoxy groups -OCH3 is 1. The molecule has 1 aliphatic heterocycles. The van der Waals surface area contributed by atoms with E-state index in [2.05, 4.69) is 44.0 Å². The Morgan fingerprint density at radius 2 is 1.94 bits per heavy atom. The maximum atomic E-state index is 12.9. The number of nitrogens with zero attached hydrogens (tertiary/aromatic N) is 3. The SMILES string of the molecule is CCC1=CCC(CC)=CC(C(CC)(COC)CC(=NC(=O)CO)N2CC(C)N(C)C(=O)C2C)=C1. The zero-order valence-corrected chi connectivity index (χ0v) is 22.1. The number of ether oxygens (including phenoxy) is 1. The molecule has 7 nitrogen and oxygen atoms in total. The zero-order chi connectivity index (χ0) is 25.5. The van der Waals surface area contributed by atoms with Crippen molar-refractivity contribution >= 4 is 17.6 Å². The molecule has 0 aromatic rings. The van der Waals surface area contributed by atoms with Gasteiger partial charge in [-0.05, 0) is 45.1 Å². The van der Waals surface area contributed by atoms with E-state index in [1.807, 2.05) is 25.8 Å². The van der Waals surface area contributed by atoms with Gasteiger partial charge in [-0.15, -0.1) is 0 Å². The lowest BCUT2D eigenvalue weighted by Gasteiger charge is -2.45. The number of allylic oxidation sites excluding steroid dienone is 5. The second kappa shape index (κ2) is 12.5. The monoisotopic (exact) mass is 473 g/mol. The number of carbonyl (C=O) groups excluding carboxylic acids is 2. The number of aliphatic hydroxyl groups is 1. The molecule has 34 heavy (non-hydrogen) atoms. The average Bonchev–Trinajstić information content (AvgIpc) is 3.06. The number of amides is 2. The van der Waals surface area contributed by atoms with E-state index in [0.717, 1.165) is 25.7 Å². The van der Waals surface area contributed by atoms with Gasteiger partial charge < -0.3 is 19.6 Å². The molecule has 3 atom stereocenters. The Hall–Kier alpha value is -2.25. The molecular weight excluding hydrogens is 430 g/mol. The molecule has 0 aromatic heterocycles. The molecule has 0 saturated carbocycles. The van der Waals surface area contributed by atoms with Crippen LogP contribution in [0, 0.1) is 5.41 Å². The minimum absolute atomic E-state index is 0.00483. The van der Waals surface area contributed by atoms with Crippen LogP contribution in [0.3, 0.4) is 0 Å². The molecule has 1 aliphatic carbocycles. The average molecular weight is 474 g/mol. The summed E-state index contributed by atoms with van der Waals surface area (Å²) < 4.78 is 5.76. The third-order valence-corrected chi connectivity index (χ3v) is 7.41. The van der Waals surface area contributed by atoms with Crippen molar-refractivity contribution in [2.24, 2.45) is 10.4 Å². The van der Waals surface area contributed by atoms with E-state index in [1.54, 1.807) is 12.0 Å². The van der Waals surface area contributed by atoms with E-state index in [1.165, 1.54) is 16.7 Å². The summed E-state index contributed by atoms with van der Waals surface area (Å²) in [6.07, 6.45) is 10.9. The highest BCUT2D eigenvalue weighted by Crippen LogP contribution is 2.41. The van der Waals surface area contributed by atoms with Gasteiger partial charge in [0, 0.05) is 38.6 Å². The van der Waals surface area contributed by atoms with Crippen LogP contribution < -0.4 is 0 Å². The van der Waals surface area contributed by atoms with E-state index >= 15 is 0 Å².